The van der Waals surface area contributed by atoms with E-state index in [1.165, 1.54) is 35.9 Å². The van der Waals surface area contributed by atoms with Crippen LogP contribution in [0.15, 0.2) is 71.5 Å². The van der Waals surface area contributed by atoms with E-state index in [9.17, 15) is 18.4 Å². The van der Waals surface area contributed by atoms with Gasteiger partial charge in [-0.25, -0.2) is 8.78 Å². The largest absolute Gasteiger partial charge is 0.497 e. The van der Waals surface area contributed by atoms with Crippen LogP contribution in [-0.4, -0.2) is 17.6 Å². The van der Waals surface area contributed by atoms with E-state index in [1.807, 2.05) is 0 Å². The zero-order chi connectivity index (χ0) is 27.4. The van der Waals surface area contributed by atoms with Crippen LogP contribution in [0.1, 0.15) is 27.0 Å². The summed E-state index contributed by atoms with van der Waals surface area (Å²) in [4.78, 5) is 26.4. The molecule has 0 saturated carbocycles. The smallest absolute Gasteiger partial charge is 0.259 e. The van der Waals surface area contributed by atoms with Gasteiger partial charge in [-0.2, -0.15) is 0 Å². The highest BCUT2D eigenvalue weighted by atomic mass is 19.1. The number of methoxy groups -OCH3 is 1. The summed E-state index contributed by atoms with van der Waals surface area (Å²) < 4.78 is 41.5. The molecular weight excluding hydrogens is 492 g/mol. The number of hydrogen-bond donors (Lipinski definition) is 2. The molecule has 3 aromatic carbocycles. The van der Waals surface area contributed by atoms with Gasteiger partial charge in [-0.3, -0.25) is 14.2 Å². The second-order valence-electron chi connectivity index (χ2n) is 8.80. The van der Waals surface area contributed by atoms with Crippen molar-refractivity contribution in [2.75, 3.05) is 12.4 Å². The van der Waals surface area contributed by atoms with Crippen molar-refractivity contribution in [1.82, 2.24) is 9.88 Å². The van der Waals surface area contributed by atoms with Crippen molar-refractivity contribution >= 4 is 17.4 Å². The Morgan fingerprint density at radius 3 is 2.18 bits per heavy atom. The van der Waals surface area contributed by atoms with Crippen LogP contribution in [0.5, 0.6) is 17.2 Å². The minimum absolute atomic E-state index is 0.0185. The van der Waals surface area contributed by atoms with E-state index in [4.69, 9.17) is 9.47 Å². The Bertz CT molecular complexity index is 1550. The molecule has 4 aromatic rings. The van der Waals surface area contributed by atoms with Gasteiger partial charge >= 0.3 is 0 Å². The number of carbonyl (C=O) groups excluding carboxylic acids is 1. The van der Waals surface area contributed by atoms with Gasteiger partial charge in [-0.1, -0.05) is 24.3 Å². The first kappa shape index (κ1) is 26.4. The zero-order valence-electron chi connectivity index (χ0n) is 21.4. The third-order valence-corrected chi connectivity index (χ3v) is 5.93. The molecule has 0 aliphatic carbocycles. The maximum Gasteiger partial charge on any atom is 0.259 e. The van der Waals surface area contributed by atoms with Crippen molar-refractivity contribution in [2.45, 2.75) is 20.4 Å². The summed E-state index contributed by atoms with van der Waals surface area (Å²) in [5.41, 5.74) is 1.57. The zero-order valence-corrected chi connectivity index (χ0v) is 21.4. The topological polar surface area (TPSA) is 81.6 Å². The number of hydrogen-bond acceptors (Lipinski definition) is 5. The fourth-order valence-electron chi connectivity index (χ4n) is 3.79. The lowest BCUT2D eigenvalue weighted by atomic mass is 10.1. The van der Waals surface area contributed by atoms with Crippen molar-refractivity contribution in [3.8, 4) is 17.2 Å². The summed E-state index contributed by atoms with van der Waals surface area (Å²) in [6.07, 6.45) is 0. The minimum Gasteiger partial charge on any atom is -0.497 e. The summed E-state index contributed by atoms with van der Waals surface area (Å²) in [6, 6.07) is 17.0. The second-order valence-corrected chi connectivity index (χ2v) is 8.80. The number of carbonyl (C=O) groups is 1. The number of aromatic nitrogens is 1. The molecule has 0 radical (unpaired) electrons. The van der Waals surface area contributed by atoms with Crippen molar-refractivity contribution < 1.29 is 23.0 Å². The SMILES string of the molecule is COc1ccc(CNC(=O)c2c(Oc3ccc(C)cc3F)cc(=O)n(C)c2Nc2ccc(C)cc2F)cc1. The van der Waals surface area contributed by atoms with Crippen LogP contribution in [0.25, 0.3) is 0 Å². The first-order valence-electron chi connectivity index (χ1n) is 11.8. The number of pyridine rings is 1. The van der Waals surface area contributed by atoms with Crippen LogP contribution in [0, 0.1) is 25.5 Å². The van der Waals surface area contributed by atoms with Gasteiger partial charge in [-0.15, -0.1) is 0 Å². The van der Waals surface area contributed by atoms with Crippen LogP contribution < -0.4 is 25.7 Å². The first-order valence-corrected chi connectivity index (χ1v) is 11.8. The Morgan fingerprint density at radius 1 is 0.895 bits per heavy atom. The molecule has 0 spiro atoms. The first-order chi connectivity index (χ1) is 18.2. The van der Waals surface area contributed by atoms with E-state index < -0.39 is 23.1 Å². The van der Waals surface area contributed by atoms with Gasteiger partial charge in [0.1, 0.15) is 28.7 Å². The molecule has 196 valence electrons. The lowest BCUT2D eigenvalue weighted by Crippen LogP contribution is -2.29. The van der Waals surface area contributed by atoms with Crippen LogP contribution in [0.4, 0.5) is 20.3 Å². The summed E-state index contributed by atoms with van der Waals surface area (Å²) in [5.74, 6) is -1.55. The molecular formula is C29H27F2N3O4. The van der Waals surface area contributed by atoms with Crippen molar-refractivity contribution in [1.29, 1.82) is 0 Å². The molecule has 0 saturated heterocycles. The number of nitrogens with one attached hydrogen (secondary N) is 2. The monoisotopic (exact) mass is 519 g/mol. The summed E-state index contributed by atoms with van der Waals surface area (Å²) in [6.45, 7) is 3.61. The minimum atomic E-state index is -0.658. The van der Waals surface area contributed by atoms with E-state index in [0.717, 1.165) is 11.6 Å². The second kappa shape index (κ2) is 11.2. The fraction of sp³-hybridized carbons (Fsp3) is 0.172. The number of ether oxygens (including phenoxy) is 2. The highest BCUT2D eigenvalue weighted by Crippen LogP contribution is 2.33. The Labute approximate surface area is 218 Å². The number of nitrogens with zero attached hydrogens (tertiary/aromatic N) is 1. The van der Waals surface area contributed by atoms with Crippen LogP contribution in [0.3, 0.4) is 0 Å². The average Bonchev–Trinajstić information content (AvgIpc) is 2.89. The van der Waals surface area contributed by atoms with E-state index in [1.54, 1.807) is 57.4 Å². The molecule has 0 fully saturated rings. The predicted octanol–water partition coefficient (Wildman–Crippen LogP) is 5.75. The van der Waals surface area contributed by atoms with Crippen LogP contribution in [-0.2, 0) is 13.6 Å². The normalized spacial score (nSPS) is 10.7. The van der Waals surface area contributed by atoms with Gasteiger partial charge in [0, 0.05) is 19.7 Å². The van der Waals surface area contributed by atoms with Gasteiger partial charge < -0.3 is 20.1 Å². The quantitative estimate of drug-likeness (QED) is 0.310. The Kier molecular flexibility index (Phi) is 7.76. The maximum absolute atomic E-state index is 14.7. The third kappa shape index (κ3) is 5.83. The molecule has 0 aliphatic heterocycles. The Hall–Kier alpha value is -4.66. The van der Waals surface area contributed by atoms with Crippen LogP contribution >= 0.6 is 0 Å². The summed E-state index contributed by atoms with van der Waals surface area (Å²) in [7, 11) is 2.99. The molecule has 4 rings (SSSR count). The number of aryl methyl sites for hydroxylation is 2. The summed E-state index contributed by atoms with van der Waals surface area (Å²) >= 11 is 0. The number of amides is 1. The Morgan fingerprint density at radius 2 is 1.55 bits per heavy atom. The molecule has 0 aliphatic rings. The molecule has 0 bridgehead atoms. The fourth-order valence-corrected chi connectivity index (χ4v) is 3.79. The number of rotatable bonds is 8. The highest BCUT2D eigenvalue weighted by Gasteiger charge is 2.24. The van der Waals surface area contributed by atoms with Crippen molar-refractivity contribution in [3.63, 3.8) is 0 Å². The summed E-state index contributed by atoms with van der Waals surface area (Å²) in [5, 5.41) is 5.65. The molecule has 38 heavy (non-hydrogen) atoms. The van der Waals surface area contributed by atoms with Gasteiger partial charge in [0.15, 0.2) is 11.6 Å². The van der Waals surface area contributed by atoms with Crippen molar-refractivity contribution in [2.24, 2.45) is 7.05 Å². The van der Waals surface area contributed by atoms with Gasteiger partial charge in [0.25, 0.3) is 11.5 Å². The highest BCUT2D eigenvalue weighted by molar-refractivity contribution is 6.02. The molecule has 0 atom stereocenters. The standard InChI is InChI=1S/C29H27F2N3O4/c1-17-5-11-23(21(30)13-17)33-28-27(29(36)32-16-19-7-9-20(37-4)10-8-19)25(15-26(35)34(28)3)38-24-12-6-18(2)14-22(24)31/h5-15,33H,16H2,1-4H3,(H,32,36). The van der Waals surface area contributed by atoms with Gasteiger partial charge in [-0.05, 0) is 66.9 Å². The van der Waals surface area contributed by atoms with E-state index in [0.29, 0.717) is 16.9 Å². The van der Waals surface area contributed by atoms with Crippen LogP contribution in [0.2, 0.25) is 0 Å². The van der Waals surface area contributed by atoms with E-state index in [-0.39, 0.29) is 35.1 Å². The van der Waals surface area contributed by atoms with E-state index in [2.05, 4.69) is 10.6 Å². The number of benzene rings is 3. The maximum atomic E-state index is 14.7. The van der Waals surface area contributed by atoms with Gasteiger partial charge in [0.2, 0.25) is 0 Å². The third-order valence-electron chi connectivity index (χ3n) is 5.93. The molecule has 2 N–H and O–H groups in total. The van der Waals surface area contributed by atoms with Gasteiger partial charge in [0.05, 0.1) is 12.8 Å². The molecule has 1 aromatic heterocycles. The molecule has 1 heterocycles. The number of halogens is 2. The Balaban J connectivity index is 1.78. The predicted molar refractivity (Wildman–Crippen MR) is 141 cm³/mol. The lowest BCUT2D eigenvalue weighted by molar-refractivity contribution is 0.0948. The molecule has 9 heteroatoms. The molecule has 0 unspecified atom stereocenters. The molecule has 1 amide bonds. The average molecular weight is 520 g/mol. The lowest BCUT2D eigenvalue weighted by Gasteiger charge is -2.20. The van der Waals surface area contributed by atoms with Crippen molar-refractivity contribution in [3.05, 3.63) is 111 Å². The molecule has 7 nitrogen and oxygen atoms in total. The van der Waals surface area contributed by atoms with E-state index >= 15 is 0 Å². The number of anilines is 2.